The summed E-state index contributed by atoms with van der Waals surface area (Å²) in [5.74, 6) is 0.0300. The van der Waals surface area contributed by atoms with Crippen LogP contribution >= 0.6 is 0 Å². The van der Waals surface area contributed by atoms with E-state index in [0.717, 1.165) is 25.2 Å². The van der Waals surface area contributed by atoms with Crippen molar-refractivity contribution in [3.05, 3.63) is 12.3 Å². The van der Waals surface area contributed by atoms with E-state index < -0.39 is 0 Å². The topological polar surface area (TPSA) is 53.2 Å². The Morgan fingerprint density at radius 3 is 2.71 bits per heavy atom. The van der Waals surface area contributed by atoms with Gasteiger partial charge in [-0.3, -0.25) is 4.79 Å². The number of rotatable bonds is 0. The van der Waals surface area contributed by atoms with Crippen LogP contribution in [0.15, 0.2) is 12.3 Å². The van der Waals surface area contributed by atoms with E-state index in [1.165, 1.54) is 0 Å². The van der Waals surface area contributed by atoms with E-state index in [4.69, 9.17) is 0 Å². The normalized spacial score (nSPS) is 30.4. The zero-order chi connectivity index (χ0) is 10.6. The molecule has 1 fully saturated rings. The predicted octanol–water partition coefficient (Wildman–Crippen LogP) is -0.0238. The maximum Gasteiger partial charge on any atom is 0.237 e. The molecule has 0 aromatic rings. The minimum absolute atomic E-state index is 0.00940. The van der Waals surface area contributed by atoms with E-state index in [2.05, 4.69) is 22.5 Å². The van der Waals surface area contributed by atoms with Crippen LogP contribution in [-0.2, 0) is 4.79 Å². The van der Waals surface area contributed by atoms with E-state index in [9.17, 15) is 4.79 Å². The molecule has 4 nitrogen and oxygen atoms in total. The highest BCUT2D eigenvalue weighted by Crippen LogP contribution is 1.97. The van der Waals surface area contributed by atoms with Crippen molar-refractivity contribution >= 4 is 5.91 Å². The van der Waals surface area contributed by atoms with Crippen molar-refractivity contribution in [1.82, 2.24) is 16.0 Å². The molecule has 0 aliphatic carbocycles. The van der Waals surface area contributed by atoms with Gasteiger partial charge >= 0.3 is 0 Å². The van der Waals surface area contributed by atoms with Gasteiger partial charge in [0.2, 0.25) is 5.91 Å². The molecular weight excluding hydrogens is 178 g/mol. The van der Waals surface area contributed by atoms with Gasteiger partial charge in [0, 0.05) is 12.2 Å². The lowest BCUT2D eigenvalue weighted by Gasteiger charge is -2.23. The molecule has 0 spiro atoms. The second-order valence-corrected chi connectivity index (χ2v) is 3.71. The van der Waals surface area contributed by atoms with Gasteiger partial charge in [-0.15, -0.1) is 0 Å². The van der Waals surface area contributed by atoms with Crippen LogP contribution in [0.2, 0.25) is 0 Å². The summed E-state index contributed by atoms with van der Waals surface area (Å²) in [5.41, 5.74) is 0.882. The molecule has 0 unspecified atom stereocenters. The molecule has 1 saturated heterocycles. The Balaban J connectivity index is 2.57. The summed E-state index contributed by atoms with van der Waals surface area (Å²) in [4.78, 5) is 11.5. The summed E-state index contributed by atoms with van der Waals surface area (Å²) in [6.45, 7) is 9.44. The quantitative estimate of drug-likeness (QED) is 0.511. The molecule has 1 rings (SSSR count). The molecule has 0 saturated carbocycles. The fraction of sp³-hybridized carbons (Fsp3) is 0.700. The van der Waals surface area contributed by atoms with Crippen molar-refractivity contribution in [1.29, 1.82) is 0 Å². The van der Waals surface area contributed by atoms with Crippen LogP contribution in [-0.4, -0.2) is 31.1 Å². The summed E-state index contributed by atoms with van der Waals surface area (Å²) in [5, 5.41) is 9.23. The molecule has 1 amide bonds. The predicted molar refractivity (Wildman–Crippen MR) is 56.8 cm³/mol. The number of nitrogens with one attached hydrogen (secondary N) is 3. The highest BCUT2D eigenvalue weighted by Gasteiger charge is 2.16. The molecule has 1 heterocycles. The summed E-state index contributed by atoms with van der Waals surface area (Å²) >= 11 is 0. The van der Waals surface area contributed by atoms with Gasteiger partial charge in [-0.1, -0.05) is 6.58 Å². The lowest BCUT2D eigenvalue weighted by Crippen LogP contribution is -2.49. The molecular formula is C10H19N3O. The van der Waals surface area contributed by atoms with Crippen molar-refractivity contribution < 1.29 is 4.79 Å². The molecule has 4 heteroatoms. The van der Waals surface area contributed by atoms with Gasteiger partial charge in [0.15, 0.2) is 0 Å². The first-order chi connectivity index (χ1) is 6.61. The van der Waals surface area contributed by atoms with Gasteiger partial charge in [0.05, 0.1) is 12.1 Å². The SMILES string of the molecule is C=C1NCCCN[C@@H](C)C(=O)N[C@H]1C. The average molecular weight is 197 g/mol. The van der Waals surface area contributed by atoms with E-state index in [1.807, 2.05) is 13.8 Å². The van der Waals surface area contributed by atoms with Crippen LogP contribution < -0.4 is 16.0 Å². The molecule has 0 bridgehead atoms. The monoisotopic (exact) mass is 197 g/mol. The third kappa shape index (κ3) is 3.03. The molecule has 0 aromatic carbocycles. The van der Waals surface area contributed by atoms with Crippen molar-refractivity contribution in [3.63, 3.8) is 0 Å². The van der Waals surface area contributed by atoms with Gasteiger partial charge in [0.1, 0.15) is 0 Å². The highest BCUT2D eigenvalue weighted by atomic mass is 16.2. The fourth-order valence-corrected chi connectivity index (χ4v) is 1.33. The van der Waals surface area contributed by atoms with E-state index in [-0.39, 0.29) is 18.0 Å². The first kappa shape index (κ1) is 11.0. The van der Waals surface area contributed by atoms with E-state index >= 15 is 0 Å². The first-order valence-corrected chi connectivity index (χ1v) is 5.07. The molecule has 0 aromatic heterocycles. The maximum atomic E-state index is 11.5. The van der Waals surface area contributed by atoms with Crippen molar-refractivity contribution in [2.45, 2.75) is 32.4 Å². The standard InChI is InChI=1S/C10H19N3O/c1-7-8(2)13-10(14)9(3)12-6-4-5-11-7/h8-9,11-12H,1,4-6H2,2-3H3,(H,13,14)/t8-,9-/m0/s1. The second-order valence-electron chi connectivity index (χ2n) is 3.71. The smallest absolute Gasteiger partial charge is 0.237 e. The third-order valence-corrected chi connectivity index (χ3v) is 2.43. The molecule has 3 N–H and O–H groups in total. The molecule has 80 valence electrons. The van der Waals surface area contributed by atoms with Crippen LogP contribution in [0.5, 0.6) is 0 Å². The zero-order valence-corrected chi connectivity index (χ0v) is 8.89. The summed E-state index contributed by atoms with van der Waals surface area (Å²) in [6.07, 6.45) is 1.00. The minimum atomic E-state index is -0.122. The minimum Gasteiger partial charge on any atom is -0.387 e. The number of carbonyl (C=O) groups excluding carboxylic acids is 1. The van der Waals surface area contributed by atoms with Gasteiger partial charge in [-0.25, -0.2) is 0 Å². The van der Waals surface area contributed by atoms with Crippen molar-refractivity contribution in [3.8, 4) is 0 Å². The molecule has 1 aliphatic heterocycles. The van der Waals surface area contributed by atoms with Gasteiger partial charge in [0.25, 0.3) is 0 Å². The Labute approximate surface area is 85.1 Å². The Hall–Kier alpha value is -1.03. The summed E-state index contributed by atoms with van der Waals surface area (Å²) < 4.78 is 0. The molecule has 0 radical (unpaired) electrons. The largest absolute Gasteiger partial charge is 0.387 e. The van der Waals surface area contributed by atoms with Gasteiger partial charge in [-0.05, 0) is 26.8 Å². The lowest BCUT2D eigenvalue weighted by molar-refractivity contribution is -0.123. The zero-order valence-electron chi connectivity index (χ0n) is 8.89. The van der Waals surface area contributed by atoms with E-state index in [1.54, 1.807) is 0 Å². The number of amides is 1. The Morgan fingerprint density at radius 1 is 1.29 bits per heavy atom. The lowest BCUT2D eigenvalue weighted by atomic mass is 10.2. The fourth-order valence-electron chi connectivity index (χ4n) is 1.33. The Bertz CT molecular complexity index is 227. The maximum absolute atomic E-state index is 11.5. The molecule has 2 atom stereocenters. The van der Waals surface area contributed by atoms with Crippen molar-refractivity contribution in [2.75, 3.05) is 13.1 Å². The van der Waals surface area contributed by atoms with Crippen LogP contribution in [0.4, 0.5) is 0 Å². The van der Waals surface area contributed by atoms with Crippen molar-refractivity contribution in [2.24, 2.45) is 0 Å². The summed E-state index contributed by atoms with van der Waals surface area (Å²) in [6, 6.07) is -0.131. The van der Waals surface area contributed by atoms with E-state index in [0.29, 0.717) is 0 Å². The first-order valence-electron chi connectivity index (χ1n) is 5.07. The van der Waals surface area contributed by atoms with Gasteiger partial charge < -0.3 is 16.0 Å². The van der Waals surface area contributed by atoms with Crippen LogP contribution in [0.25, 0.3) is 0 Å². The Morgan fingerprint density at radius 2 is 2.00 bits per heavy atom. The average Bonchev–Trinajstić information content (AvgIpc) is 2.15. The molecule has 14 heavy (non-hydrogen) atoms. The number of carbonyl (C=O) groups is 1. The molecule has 1 aliphatic rings. The van der Waals surface area contributed by atoms with Gasteiger partial charge in [-0.2, -0.15) is 0 Å². The Kier molecular flexibility index (Phi) is 3.95. The van der Waals surface area contributed by atoms with Crippen LogP contribution in [0, 0.1) is 0 Å². The number of hydrogen-bond acceptors (Lipinski definition) is 3. The summed E-state index contributed by atoms with van der Waals surface area (Å²) in [7, 11) is 0. The highest BCUT2D eigenvalue weighted by molar-refractivity contribution is 5.81. The second kappa shape index (κ2) is 5.00. The number of hydrogen-bond donors (Lipinski definition) is 3. The van der Waals surface area contributed by atoms with Crippen LogP contribution in [0.3, 0.4) is 0 Å². The van der Waals surface area contributed by atoms with Crippen LogP contribution in [0.1, 0.15) is 20.3 Å². The third-order valence-electron chi connectivity index (χ3n) is 2.43.